The van der Waals surface area contributed by atoms with E-state index in [-0.39, 0.29) is 11.8 Å². The zero-order chi connectivity index (χ0) is 16.3. The van der Waals surface area contributed by atoms with E-state index in [1.165, 1.54) is 0 Å². The van der Waals surface area contributed by atoms with E-state index in [9.17, 15) is 9.59 Å². The summed E-state index contributed by atoms with van der Waals surface area (Å²) >= 11 is 3.44. The highest BCUT2D eigenvalue weighted by Crippen LogP contribution is 2.44. The fourth-order valence-corrected chi connectivity index (χ4v) is 3.79. The molecule has 1 N–H and O–H groups in total. The predicted octanol–water partition coefficient (Wildman–Crippen LogP) is 3.00. The molecule has 1 saturated heterocycles. The van der Waals surface area contributed by atoms with E-state index in [0.29, 0.717) is 13.0 Å². The maximum atomic E-state index is 12.7. The number of rotatable bonds is 5. The average molecular weight is 379 g/mol. The molecule has 0 spiro atoms. The lowest BCUT2D eigenvalue weighted by atomic mass is 9.64. The minimum atomic E-state index is -0.391. The van der Waals surface area contributed by atoms with Crippen molar-refractivity contribution in [1.82, 2.24) is 10.2 Å². The summed E-state index contributed by atoms with van der Waals surface area (Å²) in [5.74, 6) is 0.231. The smallest absolute Gasteiger partial charge is 0.230 e. The Balaban J connectivity index is 1.55. The molecule has 1 aromatic rings. The number of benzene rings is 1. The molecule has 0 bridgehead atoms. The standard InChI is InChI=1S/C18H23BrN2O2/c19-15-6-4-14(5-7-15)18(9-3-10-18)17(23)20-11-8-16(22)21-12-1-2-13-21/h4-7H,1-3,8-13H2,(H,20,23). The van der Waals surface area contributed by atoms with E-state index < -0.39 is 5.41 Å². The first kappa shape index (κ1) is 16.5. The SMILES string of the molecule is O=C(CCNC(=O)C1(c2ccc(Br)cc2)CCC1)N1CCCC1. The molecule has 0 atom stereocenters. The first-order valence-electron chi connectivity index (χ1n) is 8.44. The third-order valence-corrected chi connectivity index (χ3v) is 5.65. The Morgan fingerprint density at radius 2 is 1.74 bits per heavy atom. The Labute approximate surface area is 145 Å². The van der Waals surface area contributed by atoms with Crippen molar-refractivity contribution in [3.63, 3.8) is 0 Å². The van der Waals surface area contributed by atoms with Crippen LogP contribution in [0.25, 0.3) is 0 Å². The molecule has 1 aliphatic heterocycles. The van der Waals surface area contributed by atoms with Crippen LogP contribution in [0.1, 0.15) is 44.1 Å². The van der Waals surface area contributed by atoms with E-state index in [4.69, 9.17) is 0 Å². The van der Waals surface area contributed by atoms with E-state index in [1.807, 2.05) is 29.2 Å². The molecule has 0 radical (unpaired) electrons. The van der Waals surface area contributed by atoms with Gasteiger partial charge in [0.1, 0.15) is 0 Å². The van der Waals surface area contributed by atoms with Crippen LogP contribution in [0.4, 0.5) is 0 Å². The van der Waals surface area contributed by atoms with Crippen LogP contribution in [0.15, 0.2) is 28.7 Å². The largest absolute Gasteiger partial charge is 0.355 e. The molecule has 5 heteroatoms. The lowest BCUT2D eigenvalue weighted by Crippen LogP contribution is -2.49. The van der Waals surface area contributed by atoms with Gasteiger partial charge in [-0.3, -0.25) is 9.59 Å². The van der Waals surface area contributed by atoms with Crippen molar-refractivity contribution in [2.24, 2.45) is 0 Å². The molecule has 23 heavy (non-hydrogen) atoms. The first-order valence-corrected chi connectivity index (χ1v) is 9.23. The summed E-state index contributed by atoms with van der Waals surface area (Å²) in [6.45, 7) is 2.18. The van der Waals surface area contributed by atoms with E-state index in [0.717, 1.165) is 55.2 Å². The van der Waals surface area contributed by atoms with Crippen LogP contribution in [-0.4, -0.2) is 36.3 Å². The summed E-state index contributed by atoms with van der Waals surface area (Å²) in [6.07, 6.45) is 5.47. The van der Waals surface area contributed by atoms with Gasteiger partial charge in [-0.05, 0) is 43.4 Å². The molecular weight excluding hydrogens is 356 g/mol. The van der Waals surface area contributed by atoms with Gasteiger partial charge in [-0.2, -0.15) is 0 Å². The van der Waals surface area contributed by atoms with Crippen LogP contribution in [0.5, 0.6) is 0 Å². The van der Waals surface area contributed by atoms with Crippen molar-refractivity contribution >= 4 is 27.7 Å². The minimum absolute atomic E-state index is 0.0697. The molecule has 0 unspecified atom stereocenters. The third kappa shape index (κ3) is 3.44. The number of carbonyl (C=O) groups is 2. The van der Waals surface area contributed by atoms with Gasteiger partial charge in [-0.25, -0.2) is 0 Å². The van der Waals surface area contributed by atoms with E-state index in [1.54, 1.807) is 0 Å². The second-order valence-electron chi connectivity index (χ2n) is 6.54. The van der Waals surface area contributed by atoms with Gasteiger partial charge in [0.05, 0.1) is 5.41 Å². The number of hydrogen-bond donors (Lipinski definition) is 1. The van der Waals surface area contributed by atoms with Gasteiger partial charge in [-0.15, -0.1) is 0 Å². The van der Waals surface area contributed by atoms with Crippen molar-refractivity contribution in [1.29, 1.82) is 0 Å². The van der Waals surface area contributed by atoms with E-state index in [2.05, 4.69) is 21.2 Å². The monoisotopic (exact) mass is 378 g/mol. The topological polar surface area (TPSA) is 49.4 Å². The molecule has 2 aliphatic rings. The van der Waals surface area contributed by atoms with Crippen LogP contribution in [0.2, 0.25) is 0 Å². The molecule has 4 nitrogen and oxygen atoms in total. The third-order valence-electron chi connectivity index (χ3n) is 5.12. The highest BCUT2D eigenvalue weighted by atomic mass is 79.9. The Bertz CT molecular complexity index is 575. The van der Waals surface area contributed by atoms with Crippen molar-refractivity contribution in [3.05, 3.63) is 34.3 Å². The molecular formula is C18H23BrN2O2. The van der Waals surface area contributed by atoms with Crippen molar-refractivity contribution in [2.75, 3.05) is 19.6 Å². The summed E-state index contributed by atoms with van der Waals surface area (Å²) in [5, 5.41) is 2.99. The van der Waals surface area contributed by atoms with Crippen LogP contribution in [-0.2, 0) is 15.0 Å². The summed E-state index contributed by atoms with van der Waals surface area (Å²) in [5.41, 5.74) is 0.688. The number of amides is 2. The number of likely N-dealkylation sites (tertiary alicyclic amines) is 1. The zero-order valence-electron chi connectivity index (χ0n) is 13.3. The molecule has 2 fully saturated rings. The van der Waals surface area contributed by atoms with Crippen LogP contribution in [0, 0.1) is 0 Å². The fourth-order valence-electron chi connectivity index (χ4n) is 3.52. The lowest BCUT2D eigenvalue weighted by molar-refractivity contribution is -0.131. The number of nitrogens with zero attached hydrogens (tertiary/aromatic N) is 1. The van der Waals surface area contributed by atoms with Crippen molar-refractivity contribution in [2.45, 2.75) is 43.9 Å². The van der Waals surface area contributed by atoms with Crippen molar-refractivity contribution in [3.8, 4) is 0 Å². The molecule has 3 rings (SSSR count). The Kier molecular flexibility index (Phi) is 5.05. The number of halogens is 1. The molecule has 2 amide bonds. The van der Waals surface area contributed by atoms with E-state index >= 15 is 0 Å². The highest BCUT2D eigenvalue weighted by molar-refractivity contribution is 9.10. The molecule has 0 aromatic heterocycles. The summed E-state index contributed by atoms with van der Waals surface area (Å²) in [6, 6.07) is 8.02. The fraction of sp³-hybridized carbons (Fsp3) is 0.556. The van der Waals surface area contributed by atoms with Gasteiger partial charge >= 0.3 is 0 Å². The number of hydrogen-bond acceptors (Lipinski definition) is 2. The molecule has 124 valence electrons. The normalized spacial score (nSPS) is 19.3. The van der Waals surface area contributed by atoms with Gasteiger partial charge < -0.3 is 10.2 Å². The Hall–Kier alpha value is -1.36. The predicted molar refractivity (Wildman–Crippen MR) is 93.1 cm³/mol. The summed E-state index contributed by atoms with van der Waals surface area (Å²) in [4.78, 5) is 26.6. The zero-order valence-corrected chi connectivity index (χ0v) is 14.9. The second kappa shape index (κ2) is 7.04. The molecule has 1 saturated carbocycles. The maximum absolute atomic E-state index is 12.7. The van der Waals surface area contributed by atoms with Crippen molar-refractivity contribution < 1.29 is 9.59 Å². The lowest BCUT2D eigenvalue weighted by Gasteiger charge is -2.40. The van der Waals surface area contributed by atoms with Gasteiger partial charge in [0.25, 0.3) is 0 Å². The van der Waals surface area contributed by atoms with Gasteiger partial charge in [0, 0.05) is 30.5 Å². The van der Waals surface area contributed by atoms with Crippen LogP contribution in [0.3, 0.4) is 0 Å². The molecule has 1 heterocycles. The first-order chi connectivity index (χ1) is 11.1. The van der Waals surface area contributed by atoms with Crippen LogP contribution >= 0.6 is 15.9 Å². The maximum Gasteiger partial charge on any atom is 0.230 e. The van der Waals surface area contributed by atoms with Gasteiger partial charge in [-0.1, -0.05) is 34.5 Å². The number of nitrogens with one attached hydrogen (secondary N) is 1. The average Bonchev–Trinajstić information content (AvgIpc) is 3.02. The number of carbonyl (C=O) groups excluding carboxylic acids is 2. The van der Waals surface area contributed by atoms with Gasteiger partial charge in [0.2, 0.25) is 11.8 Å². The quantitative estimate of drug-likeness (QED) is 0.855. The van der Waals surface area contributed by atoms with Crippen LogP contribution < -0.4 is 5.32 Å². The second-order valence-corrected chi connectivity index (χ2v) is 7.45. The minimum Gasteiger partial charge on any atom is -0.355 e. The molecule has 1 aliphatic carbocycles. The molecule has 1 aromatic carbocycles. The highest BCUT2D eigenvalue weighted by Gasteiger charge is 2.45. The van der Waals surface area contributed by atoms with Gasteiger partial charge in [0.15, 0.2) is 0 Å². The Morgan fingerprint density at radius 3 is 2.30 bits per heavy atom. The summed E-state index contributed by atoms with van der Waals surface area (Å²) in [7, 11) is 0. The Morgan fingerprint density at radius 1 is 1.09 bits per heavy atom. The summed E-state index contributed by atoms with van der Waals surface area (Å²) < 4.78 is 1.02.